The molecule has 21 heavy (non-hydrogen) atoms. The first kappa shape index (κ1) is 15.0. The van der Waals surface area contributed by atoms with Crippen molar-refractivity contribution in [2.45, 2.75) is 18.6 Å². The molecule has 1 heterocycles. The predicted molar refractivity (Wildman–Crippen MR) is 73.8 cm³/mol. The molecule has 2 atom stereocenters. The highest BCUT2D eigenvalue weighted by Crippen LogP contribution is 2.37. The molecule has 1 aromatic carbocycles. The third-order valence-corrected chi connectivity index (χ3v) is 3.57. The van der Waals surface area contributed by atoms with Gasteiger partial charge in [0.25, 0.3) is 5.69 Å². The molecule has 1 aliphatic heterocycles. The maximum Gasteiger partial charge on any atom is 0.326 e. The van der Waals surface area contributed by atoms with Crippen LogP contribution in [0.2, 0.25) is 0 Å². The van der Waals surface area contributed by atoms with Crippen molar-refractivity contribution in [2.24, 2.45) is 0 Å². The van der Waals surface area contributed by atoms with Gasteiger partial charge in [-0.15, -0.1) is 0 Å². The Bertz CT molecular complexity index is 562. The standard InChI is InChI=1S/C13H16N2O6/c1-20-8-3-4-10(15(18)19)11(5-8)14-7-9(21-2)6-12(14)13(16)17/h3-5,9,12H,6-7H2,1-2H3,(H,16,17). The third kappa shape index (κ3) is 2.89. The van der Waals surface area contributed by atoms with Crippen LogP contribution in [0.5, 0.6) is 5.75 Å². The second-order valence-electron chi connectivity index (χ2n) is 4.71. The van der Waals surface area contributed by atoms with Crippen LogP contribution in [0.15, 0.2) is 18.2 Å². The molecule has 0 spiro atoms. The molecule has 1 aromatic rings. The highest BCUT2D eigenvalue weighted by atomic mass is 16.6. The molecule has 114 valence electrons. The van der Waals surface area contributed by atoms with Gasteiger partial charge in [0, 0.05) is 32.2 Å². The monoisotopic (exact) mass is 296 g/mol. The Morgan fingerprint density at radius 3 is 2.71 bits per heavy atom. The van der Waals surface area contributed by atoms with Crippen molar-refractivity contribution < 1.29 is 24.3 Å². The fourth-order valence-corrected chi connectivity index (χ4v) is 2.48. The Kier molecular flexibility index (Phi) is 4.27. The lowest BCUT2D eigenvalue weighted by Gasteiger charge is -2.23. The van der Waals surface area contributed by atoms with Gasteiger partial charge >= 0.3 is 5.97 Å². The fraction of sp³-hybridized carbons (Fsp3) is 0.462. The van der Waals surface area contributed by atoms with Crippen LogP contribution in [0.1, 0.15) is 6.42 Å². The topological polar surface area (TPSA) is 102 Å². The number of benzene rings is 1. The number of hydrogen-bond donors (Lipinski definition) is 1. The summed E-state index contributed by atoms with van der Waals surface area (Å²) in [5, 5.41) is 20.5. The van der Waals surface area contributed by atoms with Gasteiger partial charge in [0.15, 0.2) is 0 Å². The number of rotatable bonds is 5. The molecule has 0 saturated carbocycles. The number of carbonyl (C=O) groups is 1. The minimum atomic E-state index is -1.04. The van der Waals surface area contributed by atoms with E-state index in [2.05, 4.69) is 0 Å². The Labute approximate surface area is 121 Å². The SMILES string of the molecule is COc1ccc([N+](=O)[O-])c(N2CC(OC)CC2C(=O)O)c1. The van der Waals surface area contributed by atoms with E-state index >= 15 is 0 Å². The largest absolute Gasteiger partial charge is 0.497 e. The van der Waals surface area contributed by atoms with E-state index in [1.165, 1.54) is 37.3 Å². The van der Waals surface area contributed by atoms with E-state index in [0.717, 1.165) is 0 Å². The summed E-state index contributed by atoms with van der Waals surface area (Å²) in [6, 6.07) is 3.40. The molecule has 0 bridgehead atoms. The van der Waals surface area contributed by atoms with Crippen molar-refractivity contribution in [3.63, 3.8) is 0 Å². The van der Waals surface area contributed by atoms with E-state index in [9.17, 15) is 20.0 Å². The maximum absolute atomic E-state index is 11.4. The van der Waals surface area contributed by atoms with Crippen LogP contribution in [-0.2, 0) is 9.53 Å². The van der Waals surface area contributed by atoms with Crippen LogP contribution in [0.4, 0.5) is 11.4 Å². The number of nitro benzene ring substituents is 1. The molecule has 0 aromatic heterocycles. The van der Waals surface area contributed by atoms with Gasteiger partial charge < -0.3 is 19.5 Å². The van der Waals surface area contributed by atoms with Gasteiger partial charge in [-0.1, -0.05) is 0 Å². The quantitative estimate of drug-likeness (QED) is 0.645. The van der Waals surface area contributed by atoms with Crippen molar-refractivity contribution in [1.29, 1.82) is 0 Å². The van der Waals surface area contributed by atoms with Gasteiger partial charge in [0.2, 0.25) is 0 Å². The Morgan fingerprint density at radius 1 is 1.48 bits per heavy atom. The Morgan fingerprint density at radius 2 is 2.19 bits per heavy atom. The van der Waals surface area contributed by atoms with Gasteiger partial charge in [0.05, 0.1) is 18.1 Å². The van der Waals surface area contributed by atoms with Crippen LogP contribution in [0.3, 0.4) is 0 Å². The van der Waals surface area contributed by atoms with Crippen LogP contribution >= 0.6 is 0 Å². The van der Waals surface area contributed by atoms with Gasteiger partial charge in [-0.25, -0.2) is 4.79 Å². The lowest BCUT2D eigenvalue weighted by molar-refractivity contribution is -0.384. The molecule has 1 saturated heterocycles. The molecule has 0 aliphatic carbocycles. The van der Waals surface area contributed by atoms with Crippen molar-refractivity contribution in [3.05, 3.63) is 28.3 Å². The van der Waals surface area contributed by atoms with Gasteiger partial charge in [-0.3, -0.25) is 10.1 Å². The molecular weight excluding hydrogens is 280 g/mol. The molecule has 0 radical (unpaired) electrons. The summed E-state index contributed by atoms with van der Waals surface area (Å²) in [6.45, 7) is 0.279. The van der Waals surface area contributed by atoms with Crippen molar-refractivity contribution in [3.8, 4) is 5.75 Å². The summed E-state index contributed by atoms with van der Waals surface area (Å²) >= 11 is 0. The summed E-state index contributed by atoms with van der Waals surface area (Å²) in [5.41, 5.74) is 0.0742. The normalized spacial score (nSPS) is 21.3. The van der Waals surface area contributed by atoms with Gasteiger partial charge in [-0.05, 0) is 6.07 Å². The zero-order valence-electron chi connectivity index (χ0n) is 11.7. The minimum Gasteiger partial charge on any atom is -0.497 e. The zero-order chi connectivity index (χ0) is 15.6. The maximum atomic E-state index is 11.4. The molecule has 8 heteroatoms. The first-order valence-corrected chi connectivity index (χ1v) is 6.32. The van der Waals surface area contributed by atoms with Crippen molar-refractivity contribution in [1.82, 2.24) is 0 Å². The van der Waals surface area contributed by atoms with E-state index in [0.29, 0.717) is 5.75 Å². The molecule has 1 N–H and O–H groups in total. The first-order chi connectivity index (χ1) is 9.97. The number of nitrogens with zero attached hydrogens (tertiary/aromatic N) is 2. The predicted octanol–water partition coefficient (Wildman–Crippen LogP) is 1.28. The average molecular weight is 296 g/mol. The summed E-state index contributed by atoms with van der Waals surface area (Å²) < 4.78 is 10.3. The molecule has 2 unspecified atom stereocenters. The highest BCUT2D eigenvalue weighted by molar-refractivity contribution is 5.81. The number of ether oxygens (including phenoxy) is 2. The van der Waals surface area contributed by atoms with Gasteiger partial charge in [-0.2, -0.15) is 0 Å². The van der Waals surface area contributed by atoms with E-state index < -0.39 is 16.9 Å². The minimum absolute atomic E-state index is 0.154. The van der Waals surface area contributed by atoms with Crippen LogP contribution in [0.25, 0.3) is 0 Å². The highest BCUT2D eigenvalue weighted by Gasteiger charge is 2.39. The second-order valence-corrected chi connectivity index (χ2v) is 4.71. The molecule has 8 nitrogen and oxygen atoms in total. The summed E-state index contributed by atoms with van der Waals surface area (Å²) in [5.74, 6) is -0.604. The fourth-order valence-electron chi connectivity index (χ4n) is 2.48. The molecule has 1 fully saturated rings. The van der Waals surface area contributed by atoms with Crippen molar-refractivity contribution >= 4 is 17.3 Å². The molecular formula is C13H16N2O6. The van der Waals surface area contributed by atoms with Gasteiger partial charge in [0.1, 0.15) is 17.5 Å². The van der Waals surface area contributed by atoms with E-state index in [4.69, 9.17) is 9.47 Å². The lowest BCUT2D eigenvalue weighted by atomic mass is 10.2. The Hall–Kier alpha value is -2.35. The number of anilines is 1. The number of aliphatic carboxylic acids is 1. The van der Waals surface area contributed by atoms with Crippen LogP contribution in [-0.4, -0.2) is 48.9 Å². The molecule has 2 rings (SSSR count). The summed E-state index contributed by atoms with van der Waals surface area (Å²) in [4.78, 5) is 23.5. The summed E-state index contributed by atoms with van der Waals surface area (Å²) in [6.07, 6.45) is -0.00267. The molecule has 0 amide bonds. The third-order valence-electron chi connectivity index (χ3n) is 3.57. The molecule has 1 aliphatic rings. The second kappa shape index (κ2) is 5.96. The Balaban J connectivity index is 2.47. The van der Waals surface area contributed by atoms with E-state index in [1.807, 2.05) is 0 Å². The number of hydrogen-bond acceptors (Lipinski definition) is 6. The number of nitro groups is 1. The summed E-state index contributed by atoms with van der Waals surface area (Å²) in [7, 11) is 2.94. The van der Waals surface area contributed by atoms with Crippen LogP contribution in [0, 0.1) is 10.1 Å². The smallest absolute Gasteiger partial charge is 0.326 e. The first-order valence-electron chi connectivity index (χ1n) is 6.32. The number of carboxylic acid groups (broad SMARTS) is 1. The van der Waals surface area contributed by atoms with Crippen LogP contribution < -0.4 is 9.64 Å². The van der Waals surface area contributed by atoms with E-state index in [-0.39, 0.29) is 30.4 Å². The lowest BCUT2D eigenvalue weighted by Crippen LogP contribution is -2.36. The number of methoxy groups -OCH3 is 2. The average Bonchev–Trinajstić information content (AvgIpc) is 2.90. The number of carboxylic acids is 1. The van der Waals surface area contributed by atoms with Crippen molar-refractivity contribution in [2.75, 3.05) is 25.7 Å². The zero-order valence-corrected chi connectivity index (χ0v) is 11.7. The van der Waals surface area contributed by atoms with E-state index in [1.54, 1.807) is 0 Å².